The lowest BCUT2D eigenvalue weighted by Crippen LogP contribution is -2.77. The Kier molecular flexibility index (Phi) is 9.12. The summed E-state index contributed by atoms with van der Waals surface area (Å²) in [6.07, 6.45) is -0.913. The van der Waals surface area contributed by atoms with Crippen LogP contribution in [0.4, 0.5) is 4.79 Å². The van der Waals surface area contributed by atoms with Crippen molar-refractivity contribution in [2.45, 2.75) is 50.4 Å². The molecule has 13 heteroatoms. The van der Waals surface area contributed by atoms with Gasteiger partial charge in [-0.25, -0.2) is 14.4 Å². The van der Waals surface area contributed by atoms with Crippen molar-refractivity contribution < 1.29 is 32.5 Å². The molecule has 11 nitrogen and oxygen atoms in total. The lowest BCUT2D eigenvalue weighted by molar-refractivity contribution is -0.159. The third-order valence-corrected chi connectivity index (χ3v) is 6.69. The number of hydrogen-bond donors (Lipinski definition) is 3. The Hall–Kier alpha value is -3.03. The number of amides is 3. The van der Waals surface area contributed by atoms with Crippen molar-refractivity contribution in [3.63, 3.8) is 0 Å². The second-order valence-electron chi connectivity index (χ2n) is 8.64. The van der Waals surface area contributed by atoms with E-state index < -0.39 is 60.6 Å². The number of nitrogens with zero attached hydrogens (tertiary/aromatic N) is 1. The summed E-state index contributed by atoms with van der Waals surface area (Å²) in [6.45, 7) is 10.8. The normalized spacial score (nSPS) is 19.3. The molecule has 1 fully saturated rings. The van der Waals surface area contributed by atoms with Crippen molar-refractivity contribution in [2.75, 3.05) is 7.11 Å². The van der Waals surface area contributed by atoms with Crippen LogP contribution in [0.3, 0.4) is 0 Å². The number of likely N-dealkylation sites (tertiary alicyclic amines) is 1. The molecule has 0 spiro atoms. The number of benzene rings is 1. The third-order valence-electron chi connectivity index (χ3n) is 4.64. The zero-order valence-electron chi connectivity index (χ0n) is 19.7. The number of rotatable bonds is 10. The smallest absolute Gasteiger partial charge is 0.422 e. The minimum atomic E-state index is -2.32. The summed E-state index contributed by atoms with van der Waals surface area (Å²) in [5.74, 6) is -1.79. The van der Waals surface area contributed by atoms with Gasteiger partial charge in [-0.1, -0.05) is 36.9 Å². The molecule has 1 aromatic carbocycles. The summed E-state index contributed by atoms with van der Waals surface area (Å²) < 4.78 is 23.0. The lowest BCUT2D eigenvalue weighted by Gasteiger charge is -2.49. The van der Waals surface area contributed by atoms with Crippen LogP contribution in [0.5, 0.6) is 0 Å². The molecule has 3 N–H and O–H groups in total. The summed E-state index contributed by atoms with van der Waals surface area (Å²) in [6, 6.07) is 6.47. The number of carbonyl (C=O) groups excluding carboxylic acids is 4. The van der Waals surface area contributed by atoms with Gasteiger partial charge in [-0.05, 0) is 37.7 Å². The quantitative estimate of drug-likeness (QED) is 0.182. The standard InChI is InChI=1S/C21H30N4O7SSi/c1-13(2)17(20(28)32-34(4,5)6)25-18(27)16(19(25)33(30)24-23-21(29)31-3)22-15(26)12-14-10-8-7-9-11-14/h7-11,16-17,19,24H,1,12H2,2-6H3,(H,22,26)(H,23,29). The molecule has 4 atom stereocenters. The van der Waals surface area contributed by atoms with Crippen LogP contribution in [-0.4, -0.2) is 65.9 Å². The van der Waals surface area contributed by atoms with Crippen LogP contribution in [0.15, 0.2) is 42.5 Å². The highest BCUT2D eigenvalue weighted by Gasteiger charge is 2.56. The second-order valence-corrected chi connectivity index (χ2v) is 14.4. The van der Waals surface area contributed by atoms with E-state index in [1.165, 1.54) is 0 Å². The van der Waals surface area contributed by atoms with E-state index in [9.17, 15) is 23.4 Å². The first-order valence-electron chi connectivity index (χ1n) is 10.4. The molecule has 1 saturated heterocycles. The van der Waals surface area contributed by atoms with Gasteiger partial charge in [-0.15, -0.1) is 4.83 Å². The van der Waals surface area contributed by atoms with E-state index >= 15 is 0 Å². The molecule has 0 aliphatic carbocycles. The van der Waals surface area contributed by atoms with Crippen molar-refractivity contribution in [1.82, 2.24) is 20.5 Å². The minimum absolute atomic E-state index is 0.000601. The molecule has 0 bridgehead atoms. The van der Waals surface area contributed by atoms with Crippen molar-refractivity contribution in [3.8, 4) is 0 Å². The zero-order chi connectivity index (χ0) is 25.6. The first kappa shape index (κ1) is 27.2. The molecule has 1 aliphatic rings. The number of nitrogens with one attached hydrogen (secondary N) is 3. The fraction of sp³-hybridized carbons (Fsp3) is 0.429. The van der Waals surface area contributed by atoms with E-state index in [0.29, 0.717) is 5.57 Å². The summed E-state index contributed by atoms with van der Waals surface area (Å²) >= 11 is 0. The summed E-state index contributed by atoms with van der Waals surface area (Å²) in [5.41, 5.74) is 3.10. The van der Waals surface area contributed by atoms with Crippen LogP contribution in [0.25, 0.3) is 0 Å². The molecule has 186 valence electrons. The predicted molar refractivity (Wildman–Crippen MR) is 128 cm³/mol. The zero-order valence-corrected chi connectivity index (χ0v) is 21.6. The van der Waals surface area contributed by atoms with Gasteiger partial charge >= 0.3 is 12.1 Å². The highest BCUT2D eigenvalue weighted by molar-refractivity contribution is 7.83. The molecular weight excluding hydrogens is 480 g/mol. The summed E-state index contributed by atoms with van der Waals surface area (Å²) in [5, 5.41) is 1.38. The van der Waals surface area contributed by atoms with Crippen LogP contribution in [0, 0.1) is 0 Å². The van der Waals surface area contributed by atoms with Crippen molar-refractivity contribution >= 4 is 43.2 Å². The molecule has 0 aromatic heterocycles. The van der Waals surface area contributed by atoms with Gasteiger partial charge in [0.1, 0.15) is 17.0 Å². The molecular formula is C21H30N4O7SSi. The Bertz CT molecular complexity index is 983. The number of ether oxygens (including phenoxy) is 1. The van der Waals surface area contributed by atoms with Gasteiger partial charge in [-0.2, -0.15) is 0 Å². The van der Waals surface area contributed by atoms with Gasteiger partial charge in [0.2, 0.25) is 20.1 Å². The monoisotopic (exact) mass is 510 g/mol. The Morgan fingerprint density at radius 3 is 2.35 bits per heavy atom. The number of methoxy groups -OCH3 is 1. The van der Waals surface area contributed by atoms with Crippen LogP contribution in [0.2, 0.25) is 19.6 Å². The maximum absolute atomic E-state index is 13.1. The Balaban J connectivity index is 2.27. The average Bonchev–Trinajstić information content (AvgIpc) is 2.75. The third kappa shape index (κ3) is 6.98. The van der Waals surface area contributed by atoms with Gasteiger partial charge in [-0.3, -0.25) is 14.4 Å². The Morgan fingerprint density at radius 2 is 1.82 bits per heavy atom. The second kappa shape index (κ2) is 11.4. The van der Waals surface area contributed by atoms with E-state index in [4.69, 9.17) is 4.43 Å². The fourth-order valence-corrected chi connectivity index (χ4v) is 5.12. The minimum Gasteiger partial charge on any atom is -0.518 e. The largest absolute Gasteiger partial charge is 0.518 e. The molecule has 2 rings (SSSR count). The van der Waals surface area contributed by atoms with Gasteiger partial charge in [0.15, 0.2) is 11.4 Å². The topological polar surface area (TPSA) is 143 Å². The molecule has 1 aromatic rings. The Labute approximate surface area is 201 Å². The van der Waals surface area contributed by atoms with Crippen LogP contribution in [-0.2, 0) is 41.0 Å². The van der Waals surface area contributed by atoms with Gasteiger partial charge in [0.25, 0.3) is 0 Å². The van der Waals surface area contributed by atoms with Gasteiger partial charge in [0, 0.05) is 0 Å². The van der Waals surface area contributed by atoms with Crippen LogP contribution in [0.1, 0.15) is 12.5 Å². The molecule has 1 aliphatic heterocycles. The fourth-order valence-electron chi connectivity index (χ4n) is 3.24. The molecule has 34 heavy (non-hydrogen) atoms. The number of hydrazine groups is 1. The average molecular weight is 511 g/mol. The van der Waals surface area contributed by atoms with E-state index in [-0.39, 0.29) is 6.42 Å². The van der Waals surface area contributed by atoms with Crippen LogP contribution < -0.4 is 15.6 Å². The predicted octanol–water partition coefficient (Wildman–Crippen LogP) is 0.729. The van der Waals surface area contributed by atoms with Crippen molar-refractivity contribution in [3.05, 3.63) is 48.0 Å². The van der Waals surface area contributed by atoms with E-state index in [1.807, 2.05) is 25.7 Å². The number of carbonyl (C=O) groups is 4. The first-order chi connectivity index (χ1) is 15.9. The number of β-lactam (4-membered cyclic amide) rings is 1. The molecule has 3 amide bonds. The maximum Gasteiger partial charge on any atom is 0.422 e. The van der Waals surface area contributed by atoms with Gasteiger partial charge in [0.05, 0.1) is 13.5 Å². The SMILES string of the molecule is C=C(C)C(C(=O)O[Si](C)(C)C)N1C(=O)C(NC(=O)Cc2ccccc2)C1S(=O)NNC(=O)OC. The molecule has 4 unspecified atom stereocenters. The van der Waals surface area contributed by atoms with E-state index in [1.54, 1.807) is 31.2 Å². The molecule has 1 heterocycles. The maximum atomic E-state index is 13.1. The first-order valence-corrected chi connectivity index (χ1v) is 15.0. The highest BCUT2D eigenvalue weighted by Crippen LogP contribution is 2.29. The molecule has 0 saturated carbocycles. The van der Waals surface area contributed by atoms with Gasteiger partial charge < -0.3 is 19.4 Å². The van der Waals surface area contributed by atoms with E-state index in [2.05, 4.69) is 26.9 Å². The van der Waals surface area contributed by atoms with Crippen molar-refractivity contribution in [2.24, 2.45) is 0 Å². The van der Waals surface area contributed by atoms with Crippen molar-refractivity contribution in [1.29, 1.82) is 0 Å². The molecule has 0 radical (unpaired) electrons. The van der Waals surface area contributed by atoms with E-state index in [0.717, 1.165) is 17.6 Å². The number of hydrogen-bond acceptors (Lipinski definition) is 7. The Morgan fingerprint density at radius 1 is 1.21 bits per heavy atom. The summed E-state index contributed by atoms with van der Waals surface area (Å²) in [4.78, 5) is 53.2. The van der Waals surface area contributed by atoms with Crippen LogP contribution >= 0.6 is 0 Å². The highest BCUT2D eigenvalue weighted by atomic mass is 32.2. The summed E-state index contributed by atoms with van der Waals surface area (Å²) in [7, 11) is -3.33. The lowest BCUT2D eigenvalue weighted by atomic mass is 9.99.